The molecule has 1 saturated heterocycles. The molecular formula is C10H11NO2S. The molecule has 1 aromatic rings. The SMILES string of the molecule is O=C1c2ccsc2OC[C@@H]2CCCN12. The van der Waals surface area contributed by atoms with E-state index in [1.165, 1.54) is 11.3 Å². The zero-order chi connectivity index (χ0) is 9.54. The van der Waals surface area contributed by atoms with Gasteiger partial charge >= 0.3 is 0 Å². The fourth-order valence-electron chi connectivity index (χ4n) is 2.17. The number of fused-ring (bicyclic) bond motifs is 2. The van der Waals surface area contributed by atoms with Gasteiger partial charge in [-0.25, -0.2) is 0 Å². The van der Waals surface area contributed by atoms with Crippen molar-refractivity contribution in [1.82, 2.24) is 4.90 Å². The van der Waals surface area contributed by atoms with E-state index in [9.17, 15) is 4.79 Å². The van der Waals surface area contributed by atoms with Gasteiger partial charge in [0.05, 0.1) is 11.6 Å². The zero-order valence-electron chi connectivity index (χ0n) is 7.73. The number of ether oxygens (including phenoxy) is 1. The van der Waals surface area contributed by atoms with Gasteiger partial charge in [-0.15, -0.1) is 11.3 Å². The minimum atomic E-state index is 0.154. The van der Waals surface area contributed by atoms with E-state index in [4.69, 9.17) is 4.74 Å². The van der Waals surface area contributed by atoms with Crippen LogP contribution in [0.3, 0.4) is 0 Å². The van der Waals surface area contributed by atoms with Crippen LogP contribution in [0.25, 0.3) is 0 Å². The second-order valence-electron chi connectivity index (χ2n) is 3.73. The summed E-state index contributed by atoms with van der Waals surface area (Å²) < 4.78 is 5.63. The van der Waals surface area contributed by atoms with E-state index < -0.39 is 0 Å². The molecule has 3 heterocycles. The van der Waals surface area contributed by atoms with Crippen LogP contribution < -0.4 is 4.74 Å². The van der Waals surface area contributed by atoms with Crippen LogP contribution in [0.15, 0.2) is 11.4 Å². The first-order valence-electron chi connectivity index (χ1n) is 4.87. The van der Waals surface area contributed by atoms with Gasteiger partial charge in [-0.3, -0.25) is 4.79 Å². The van der Waals surface area contributed by atoms with Gasteiger partial charge in [0.2, 0.25) is 0 Å². The maximum atomic E-state index is 12.0. The topological polar surface area (TPSA) is 29.5 Å². The summed E-state index contributed by atoms with van der Waals surface area (Å²) in [6.07, 6.45) is 2.19. The molecule has 1 fully saturated rings. The van der Waals surface area contributed by atoms with Crippen molar-refractivity contribution in [2.45, 2.75) is 18.9 Å². The number of rotatable bonds is 0. The van der Waals surface area contributed by atoms with E-state index >= 15 is 0 Å². The molecular weight excluding hydrogens is 198 g/mol. The molecule has 0 radical (unpaired) electrons. The molecule has 0 spiro atoms. The van der Waals surface area contributed by atoms with E-state index in [1.807, 2.05) is 16.3 Å². The van der Waals surface area contributed by atoms with E-state index in [0.29, 0.717) is 12.6 Å². The molecule has 4 heteroatoms. The summed E-state index contributed by atoms with van der Waals surface area (Å²) in [5.74, 6) is 0.154. The van der Waals surface area contributed by atoms with Crippen molar-refractivity contribution in [3.8, 4) is 5.06 Å². The first kappa shape index (κ1) is 8.29. The van der Waals surface area contributed by atoms with Gasteiger partial charge in [-0.2, -0.15) is 0 Å². The van der Waals surface area contributed by atoms with Crippen LogP contribution in [0.1, 0.15) is 23.2 Å². The number of carbonyl (C=O) groups is 1. The van der Waals surface area contributed by atoms with Crippen LogP contribution in [-0.4, -0.2) is 30.0 Å². The molecule has 0 saturated carbocycles. The van der Waals surface area contributed by atoms with Crippen molar-refractivity contribution < 1.29 is 9.53 Å². The average molecular weight is 209 g/mol. The van der Waals surface area contributed by atoms with Crippen molar-refractivity contribution in [3.63, 3.8) is 0 Å². The Kier molecular flexibility index (Phi) is 1.77. The number of carbonyl (C=O) groups excluding carboxylic acids is 1. The van der Waals surface area contributed by atoms with E-state index in [1.54, 1.807) is 0 Å². The van der Waals surface area contributed by atoms with Crippen molar-refractivity contribution in [1.29, 1.82) is 0 Å². The maximum Gasteiger partial charge on any atom is 0.258 e. The molecule has 0 aromatic carbocycles. The lowest BCUT2D eigenvalue weighted by atomic mass is 10.2. The molecule has 0 unspecified atom stereocenters. The third kappa shape index (κ3) is 1.07. The Hall–Kier alpha value is -1.03. The lowest BCUT2D eigenvalue weighted by Gasteiger charge is -2.20. The minimum Gasteiger partial charge on any atom is -0.481 e. The molecule has 2 aliphatic rings. The van der Waals surface area contributed by atoms with Crippen molar-refractivity contribution >= 4 is 17.2 Å². The van der Waals surface area contributed by atoms with Crippen molar-refractivity contribution in [2.24, 2.45) is 0 Å². The Balaban J connectivity index is 2.02. The van der Waals surface area contributed by atoms with Gasteiger partial charge in [-0.05, 0) is 24.3 Å². The third-order valence-electron chi connectivity index (χ3n) is 2.90. The molecule has 2 aliphatic heterocycles. The highest BCUT2D eigenvalue weighted by molar-refractivity contribution is 7.12. The summed E-state index contributed by atoms with van der Waals surface area (Å²) >= 11 is 1.51. The number of thiophene rings is 1. The van der Waals surface area contributed by atoms with Crippen molar-refractivity contribution in [3.05, 3.63) is 17.0 Å². The number of hydrogen-bond acceptors (Lipinski definition) is 3. The summed E-state index contributed by atoms with van der Waals surface area (Å²) in [5.41, 5.74) is 0.749. The van der Waals surface area contributed by atoms with E-state index in [0.717, 1.165) is 30.0 Å². The summed E-state index contributed by atoms with van der Waals surface area (Å²) in [6, 6.07) is 2.17. The second kappa shape index (κ2) is 2.98. The van der Waals surface area contributed by atoms with Crippen LogP contribution in [0, 0.1) is 0 Å². The summed E-state index contributed by atoms with van der Waals surface area (Å²) in [5, 5.41) is 2.71. The Morgan fingerprint density at radius 1 is 1.57 bits per heavy atom. The maximum absolute atomic E-state index is 12.0. The number of nitrogens with zero attached hydrogens (tertiary/aromatic N) is 1. The van der Waals surface area contributed by atoms with Gasteiger partial charge in [0.1, 0.15) is 6.61 Å². The first-order chi connectivity index (χ1) is 6.86. The highest BCUT2D eigenvalue weighted by atomic mass is 32.1. The Morgan fingerprint density at radius 2 is 2.50 bits per heavy atom. The molecule has 0 bridgehead atoms. The molecule has 14 heavy (non-hydrogen) atoms. The van der Waals surface area contributed by atoms with Crippen LogP contribution in [-0.2, 0) is 0 Å². The van der Waals surface area contributed by atoms with Gasteiger partial charge < -0.3 is 9.64 Å². The highest BCUT2D eigenvalue weighted by Gasteiger charge is 2.34. The van der Waals surface area contributed by atoms with Crippen LogP contribution in [0.4, 0.5) is 0 Å². The average Bonchev–Trinajstić information content (AvgIpc) is 2.81. The second-order valence-corrected chi connectivity index (χ2v) is 4.61. The molecule has 1 amide bonds. The van der Waals surface area contributed by atoms with Gasteiger partial charge in [0.15, 0.2) is 5.06 Å². The van der Waals surface area contributed by atoms with Crippen LogP contribution >= 0.6 is 11.3 Å². The highest BCUT2D eigenvalue weighted by Crippen LogP contribution is 2.33. The molecule has 74 valence electrons. The fraction of sp³-hybridized carbons (Fsp3) is 0.500. The zero-order valence-corrected chi connectivity index (χ0v) is 8.55. The largest absolute Gasteiger partial charge is 0.481 e. The van der Waals surface area contributed by atoms with Crippen LogP contribution in [0.2, 0.25) is 0 Å². The molecule has 1 atom stereocenters. The van der Waals surface area contributed by atoms with E-state index in [-0.39, 0.29) is 5.91 Å². The Bertz CT molecular complexity index is 374. The van der Waals surface area contributed by atoms with E-state index in [2.05, 4.69) is 0 Å². The monoisotopic (exact) mass is 209 g/mol. The quantitative estimate of drug-likeness (QED) is 0.651. The first-order valence-corrected chi connectivity index (χ1v) is 5.75. The van der Waals surface area contributed by atoms with Crippen molar-refractivity contribution in [2.75, 3.05) is 13.2 Å². The molecule has 0 aliphatic carbocycles. The third-order valence-corrected chi connectivity index (χ3v) is 3.73. The summed E-state index contributed by atoms with van der Waals surface area (Å²) in [4.78, 5) is 14.0. The van der Waals surface area contributed by atoms with Gasteiger partial charge in [0.25, 0.3) is 5.91 Å². The normalized spacial score (nSPS) is 25.3. The predicted octanol–water partition coefficient (Wildman–Crippen LogP) is 1.75. The van der Waals surface area contributed by atoms with Gasteiger partial charge in [0, 0.05) is 6.54 Å². The minimum absolute atomic E-state index is 0.154. The predicted molar refractivity (Wildman–Crippen MR) is 53.9 cm³/mol. The molecule has 1 aromatic heterocycles. The Labute approximate surface area is 86.3 Å². The van der Waals surface area contributed by atoms with Gasteiger partial charge in [-0.1, -0.05) is 0 Å². The standard InChI is InChI=1S/C10H11NO2S/c12-9-8-3-5-14-10(8)13-6-7-2-1-4-11(7)9/h3,5,7H,1-2,4,6H2/t7-/m0/s1. The van der Waals surface area contributed by atoms with Crippen LogP contribution in [0.5, 0.6) is 5.06 Å². The molecule has 3 nitrogen and oxygen atoms in total. The smallest absolute Gasteiger partial charge is 0.258 e. The molecule has 3 rings (SSSR count). The summed E-state index contributed by atoms with van der Waals surface area (Å²) in [7, 11) is 0. The lowest BCUT2D eigenvalue weighted by Crippen LogP contribution is -2.36. The number of hydrogen-bond donors (Lipinski definition) is 0. The fourth-order valence-corrected chi connectivity index (χ4v) is 2.91. The number of amides is 1. The molecule has 0 N–H and O–H groups in total. The Morgan fingerprint density at radius 3 is 3.43 bits per heavy atom. The summed E-state index contributed by atoms with van der Waals surface area (Å²) in [6.45, 7) is 1.56. The lowest BCUT2D eigenvalue weighted by molar-refractivity contribution is 0.0727.